The zero-order valence-electron chi connectivity index (χ0n) is 10.2. The number of nitrogens with zero attached hydrogens (tertiary/aromatic N) is 1. The summed E-state index contributed by atoms with van der Waals surface area (Å²) in [4.78, 5) is 24.9. The minimum Gasteiger partial charge on any atom is -0.481 e. The van der Waals surface area contributed by atoms with E-state index in [2.05, 4.69) is 5.32 Å². The lowest BCUT2D eigenvalue weighted by molar-refractivity contribution is -0.142. The maximum atomic E-state index is 12.2. The van der Waals surface area contributed by atoms with Gasteiger partial charge in [-0.05, 0) is 25.3 Å². The van der Waals surface area contributed by atoms with Crippen LogP contribution in [0.25, 0.3) is 0 Å². The molecule has 2 N–H and O–H groups in total. The number of carbonyl (C=O) groups is 2. The molecular formula is C12H20N2O3. The van der Waals surface area contributed by atoms with Gasteiger partial charge < -0.3 is 15.3 Å². The van der Waals surface area contributed by atoms with Gasteiger partial charge in [-0.15, -0.1) is 0 Å². The second-order valence-corrected chi connectivity index (χ2v) is 5.17. The Morgan fingerprint density at radius 2 is 2.06 bits per heavy atom. The molecule has 0 saturated carbocycles. The molecule has 2 rings (SSSR count). The average Bonchev–Trinajstić information content (AvgIpc) is 2.71. The fourth-order valence-corrected chi connectivity index (χ4v) is 2.75. The molecule has 2 fully saturated rings. The predicted molar refractivity (Wildman–Crippen MR) is 62.5 cm³/mol. The van der Waals surface area contributed by atoms with Crippen LogP contribution in [0.5, 0.6) is 0 Å². The van der Waals surface area contributed by atoms with Gasteiger partial charge in [-0.1, -0.05) is 13.3 Å². The first kappa shape index (κ1) is 12.4. The molecule has 5 nitrogen and oxygen atoms in total. The van der Waals surface area contributed by atoms with Crippen LogP contribution < -0.4 is 5.32 Å². The van der Waals surface area contributed by atoms with Gasteiger partial charge >= 0.3 is 5.97 Å². The number of aliphatic carboxylic acids is 1. The highest BCUT2D eigenvalue weighted by Gasteiger charge is 2.38. The minimum absolute atomic E-state index is 0.0556. The van der Waals surface area contributed by atoms with E-state index in [1.54, 1.807) is 4.90 Å². The molecule has 0 spiro atoms. The third kappa shape index (κ3) is 2.60. The summed E-state index contributed by atoms with van der Waals surface area (Å²) < 4.78 is 0. The molecule has 0 aromatic carbocycles. The average molecular weight is 240 g/mol. The summed E-state index contributed by atoms with van der Waals surface area (Å²) in [6, 6.07) is -0.0940. The molecule has 0 unspecified atom stereocenters. The molecule has 0 bridgehead atoms. The molecule has 5 heteroatoms. The normalized spacial score (nSPS) is 33.7. The Kier molecular flexibility index (Phi) is 3.66. The summed E-state index contributed by atoms with van der Waals surface area (Å²) >= 11 is 0. The molecule has 17 heavy (non-hydrogen) atoms. The monoisotopic (exact) mass is 240 g/mol. The third-order valence-corrected chi connectivity index (χ3v) is 3.85. The number of carboxylic acids is 1. The van der Waals surface area contributed by atoms with Crippen LogP contribution in [-0.2, 0) is 9.59 Å². The van der Waals surface area contributed by atoms with Crippen molar-refractivity contribution in [2.75, 3.05) is 19.6 Å². The highest BCUT2D eigenvalue weighted by atomic mass is 16.4. The van der Waals surface area contributed by atoms with Crippen molar-refractivity contribution in [3.63, 3.8) is 0 Å². The van der Waals surface area contributed by atoms with Crippen LogP contribution in [0.15, 0.2) is 0 Å². The van der Waals surface area contributed by atoms with Gasteiger partial charge in [0, 0.05) is 13.1 Å². The quantitative estimate of drug-likeness (QED) is 0.728. The number of hydrogen-bond donors (Lipinski definition) is 2. The van der Waals surface area contributed by atoms with E-state index in [9.17, 15) is 9.59 Å². The van der Waals surface area contributed by atoms with Gasteiger partial charge in [0.05, 0.1) is 12.0 Å². The van der Waals surface area contributed by atoms with Crippen molar-refractivity contribution < 1.29 is 14.7 Å². The van der Waals surface area contributed by atoms with E-state index in [0.29, 0.717) is 13.1 Å². The summed E-state index contributed by atoms with van der Waals surface area (Å²) in [7, 11) is 0. The highest BCUT2D eigenvalue weighted by molar-refractivity contribution is 5.83. The zero-order chi connectivity index (χ0) is 12.4. The molecule has 96 valence electrons. The van der Waals surface area contributed by atoms with E-state index in [-0.39, 0.29) is 17.9 Å². The highest BCUT2D eigenvalue weighted by Crippen LogP contribution is 2.24. The van der Waals surface area contributed by atoms with Crippen LogP contribution in [0.1, 0.15) is 26.2 Å². The molecule has 0 aromatic heterocycles. The molecule has 0 aromatic rings. The fraction of sp³-hybridized carbons (Fsp3) is 0.833. The fourth-order valence-electron chi connectivity index (χ4n) is 2.75. The molecule has 2 saturated heterocycles. The van der Waals surface area contributed by atoms with Gasteiger partial charge in [0.2, 0.25) is 5.91 Å². The van der Waals surface area contributed by atoms with Crippen LogP contribution in [0, 0.1) is 11.8 Å². The molecule has 0 aliphatic carbocycles. The standard InChI is InChI=1S/C12H20N2O3/c1-8-6-14(7-9(8)12(16)17)11(15)10-4-2-3-5-13-10/h8-10,13H,2-7H2,1H3,(H,16,17)/t8-,9-,10-/m1/s1. The predicted octanol–water partition coefficient (Wildman–Crippen LogP) is 0.308. The van der Waals surface area contributed by atoms with Gasteiger partial charge in [0.1, 0.15) is 0 Å². The van der Waals surface area contributed by atoms with Crippen molar-refractivity contribution in [1.29, 1.82) is 0 Å². The van der Waals surface area contributed by atoms with Crippen LogP contribution >= 0.6 is 0 Å². The van der Waals surface area contributed by atoms with E-state index in [0.717, 1.165) is 25.8 Å². The maximum Gasteiger partial charge on any atom is 0.308 e. The lowest BCUT2D eigenvalue weighted by Crippen LogP contribution is -2.48. The van der Waals surface area contributed by atoms with Crippen molar-refractivity contribution in [2.24, 2.45) is 11.8 Å². The topological polar surface area (TPSA) is 69.6 Å². The van der Waals surface area contributed by atoms with Gasteiger partial charge in [0.15, 0.2) is 0 Å². The molecule has 0 radical (unpaired) electrons. The lowest BCUT2D eigenvalue weighted by Gasteiger charge is -2.27. The second-order valence-electron chi connectivity index (χ2n) is 5.17. The van der Waals surface area contributed by atoms with Gasteiger partial charge in [-0.25, -0.2) is 0 Å². The smallest absolute Gasteiger partial charge is 0.308 e. The minimum atomic E-state index is -0.788. The summed E-state index contributed by atoms with van der Waals surface area (Å²) in [6.07, 6.45) is 3.08. The van der Waals surface area contributed by atoms with Gasteiger partial charge in [-0.3, -0.25) is 9.59 Å². The zero-order valence-corrected chi connectivity index (χ0v) is 10.2. The largest absolute Gasteiger partial charge is 0.481 e. The number of carbonyl (C=O) groups excluding carboxylic acids is 1. The maximum absolute atomic E-state index is 12.2. The number of likely N-dealkylation sites (tertiary alicyclic amines) is 1. The molecule has 1 amide bonds. The summed E-state index contributed by atoms with van der Waals surface area (Å²) in [5, 5.41) is 12.3. The van der Waals surface area contributed by atoms with Crippen molar-refractivity contribution in [3.05, 3.63) is 0 Å². The molecule has 2 aliphatic heterocycles. The van der Waals surface area contributed by atoms with Crippen molar-refractivity contribution in [2.45, 2.75) is 32.2 Å². The van der Waals surface area contributed by atoms with E-state index < -0.39 is 11.9 Å². The van der Waals surface area contributed by atoms with Crippen LogP contribution in [0.3, 0.4) is 0 Å². The summed E-state index contributed by atoms with van der Waals surface area (Å²) in [6.45, 7) is 3.74. The van der Waals surface area contributed by atoms with Crippen molar-refractivity contribution in [1.82, 2.24) is 10.2 Å². The summed E-state index contributed by atoms with van der Waals surface area (Å²) in [5.74, 6) is -1.05. The first-order valence-electron chi connectivity index (χ1n) is 6.34. The molecule has 2 heterocycles. The number of carboxylic acid groups (broad SMARTS) is 1. The summed E-state index contributed by atoms with van der Waals surface area (Å²) in [5.41, 5.74) is 0. The van der Waals surface area contributed by atoms with Crippen molar-refractivity contribution in [3.8, 4) is 0 Å². The van der Waals surface area contributed by atoms with E-state index >= 15 is 0 Å². The van der Waals surface area contributed by atoms with Crippen LogP contribution in [-0.4, -0.2) is 47.6 Å². The van der Waals surface area contributed by atoms with E-state index in [4.69, 9.17) is 5.11 Å². The Bertz CT molecular complexity index is 313. The van der Waals surface area contributed by atoms with E-state index in [1.165, 1.54) is 0 Å². The van der Waals surface area contributed by atoms with Gasteiger partial charge in [-0.2, -0.15) is 0 Å². The van der Waals surface area contributed by atoms with Gasteiger partial charge in [0.25, 0.3) is 0 Å². The molecule has 2 aliphatic rings. The number of piperidine rings is 1. The lowest BCUT2D eigenvalue weighted by atomic mass is 9.99. The third-order valence-electron chi connectivity index (χ3n) is 3.85. The Morgan fingerprint density at radius 3 is 2.59 bits per heavy atom. The van der Waals surface area contributed by atoms with Crippen LogP contribution in [0.2, 0.25) is 0 Å². The van der Waals surface area contributed by atoms with Crippen LogP contribution in [0.4, 0.5) is 0 Å². The number of hydrogen-bond acceptors (Lipinski definition) is 3. The Labute approximate surface area is 101 Å². The Morgan fingerprint density at radius 1 is 1.29 bits per heavy atom. The second kappa shape index (κ2) is 5.04. The first-order valence-corrected chi connectivity index (χ1v) is 6.34. The molecule has 3 atom stereocenters. The molecular weight excluding hydrogens is 220 g/mol. The first-order chi connectivity index (χ1) is 8.09. The van der Waals surface area contributed by atoms with E-state index in [1.807, 2.05) is 6.92 Å². The Hall–Kier alpha value is -1.10. The number of amides is 1. The number of rotatable bonds is 2. The number of nitrogens with one attached hydrogen (secondary N) is 1. The van der Waals surface area contributed by atoms with Crippen molar-refractivity contribution >= 4 is 11.9 Å². The Balaban J connectivity index is 1.94. The SMILES string of the molecule is C[C@@H]1CN(C(=O)[C@H]2CCCCN2)C[C@H]1C(=O)O.